The van der Waals surface area contributed by atoms with Gasteiger partial charge in [-0.3, -0.25) is 4.79 Å². The number of hydrogen-bond donors (Lipinski definition) is 0. The lowest BCUT2D eigenvalue weighted by Crippen LogP contribution is -2.36. The average Bonchev–Trinajstić information content (AvgIpc) is 1.99. The molecule has 78 valence electrons. The van der Waals surface area contributed by atoms with Crippen molar-refractivity contribution in [2.45, 2.75) is 28.4 Å². The van der Waals surface area contributed by atoms with Crippen LogP contribution in [0.4, 0.5) is 0 Å². The maximum Gasteiger partial charge on any atom is 0.326 e. The Kier molecular flexibility index (Phi) is 5.76. The van der Waals surface area contributed by atoms with Gasteiger partial charge in [-0.1, -0.05) is 23.2 Å². The zero-order valence-corrected chi connectivity index (χ0v) is 10.2. The molecule has 6 heteroatoms. The molecular formula is C7H10Cl4O2. The smallest absolute Gasteiger partial charge is 0.326 e. The first kappa shape index (κ1) is 13.6. The number of alkyl halides is 4. The third kappa shape index (κ3) is 4.59. The van der Waals surface area contributed by atoms with Crippen LogP contribution < -0.4 is 0 Å². The summed E-state index contributed by atoms with van der Waals surface area (Å²) in [6.07, 6.45) is 0.209. The van der Waals surface area contributed by atoms with E-state index in [-0.39, 0.29) is 11.8 Å². The molecule has 2 nitrogen and oxygen atoms in total. The van der Waals surface area contributed by atoms with Crippen LogP contribution >= 0.6 is 46.4 Å². The molecule has 0 spiro atoms. The Labute approximate surface area is 97.4 Å². The van der Waals surface area contributed by atoms with E-state index in [1.54, 1.807) is 6.92 Å². The summed E-state index contributed by atoms with van der Waals surface area (Å²) >= 11 is 23.0. The topological polar surface area (TPSA) is 26.3 Å². The largest absolute Gasteiger partial charge is 0.468 e. The van der Waals surface area contributed by atoms with Gasteiger partial charge >= 0.3 is 5.97 Å². The highest BCUT2D eigenvalue weighted by Crippen LogP contribution is 2.35. The van der Waals surface area contributed by atoms with E-state index >= 15 is 0 Å². The predicted octanol–water partition coefficient (Wildman–Crippen LogP) is 2.96. The predicted molar refractivity (Wildman–Crippen MR) is 56.0 cm³/mol. The van der Waals surface area contributed by atoms with Crippen molar-refractivity contribution in [3.8, 4) is 0 Å². The van der Waals surface area contributed by atoms with Gasteiger partial charge in [0.25, 0.3) is 0 Å². The van der Waals surface area contributed by atoms with Crippen LogP contribution in [0, 0.1) is 0 Å². The highest BCUT2D eigenvalue weighted by molar-refractivity contribution is 6.55. The Bertz CT molecular complexity index is 181. The monoisotopic (exact) mass is 266 g/mol. The van der Waals surface area contributed by atoms with Crippen LogP contribution in [0.2, 0.25) is 0 Å². The summed E-state index contributed by atoms with van der Waals surface area (Å²) in [5, 5.41) is -1.37. The first-order valence-electron chi connectivity index (χ1n) is 3.55. The van der Waals surface area contributed by atoms with Gasteiger partial charge in [-0.15, -0.1) is 23.2 Å². The van der Waals surface area contributed by atoms with Gasteiger partial charge in [0, 0.05) is 5.38 Å². The molecule has 0 heterocycles. The normalized spacial score (nSPS) is 16.5. The molecule has 0 aliphatic carbocycles. The van der Waals surface area contributed by atoms with E-state index < -0.39 is 15.7 Å². The van der Waals surface area contributed by atoms with E-state index in [1.807, 2.05) is 0 Å². The van der Waals surface area contributed by atoms with Crippen molar-refractivity contribution in [3.63, 3.8) is 0 Å². The van der Waals surface area contributed by atoms with Crippen LogP contribution in [0.3, 0.4) is 0 Å². The zero-order valence-electron chi connectivity index (χ0n) is 7.19. The minimum atomic E-state index is -1.39. The number of halogens is 4. The minimum Gasteiger partial charge on any atom is -0.468 e. The van der Waals surface area contributed by atoms with Crippen LogP contribution in [0.15, 0.2) is 0 Å². The summed E-state index contributed by atoms with van der Waals surface area (Å²) in [5.74, 6) is -0.663. The fourth-order valence-electron chi connectivity index (χ4n) is 0.754. The van der Waals surface area contributed by atoms with E-state index in [0.29, 0.717) is 0 Å². The van der Waals surface area contributed by atoms with Gasteiger partial charge in [0.2, 0.25) is 0 Å². The van der Waals surface area contributed by atoms with Crippen molar-refractivity contribution < 1.29 is 9.53 Å². The number of methoxy groups -OCH3 is 1. The molecule has 13 heavy (non-hydrogen) atoms. The van der Waals surface area contributed by atoms with Crippen LogP contribution in [0.25, 0.3) is 0 Å². The van der Waals surface area contributed by atoms with E-state index in [9.17, 15) is 4.79 Å². The summed E-state index contributed by atoms with van der Waals surface area (Å²) in [5.41, 5.74) is 0. The van der Waals surface area contributed by atoms with Gasteiger partial charge in [-0.2, -0.15) is 0 Å². The van der Waals surface area contributed by atoms with Crippen molar-refractivity contribution in [1.29, 1.82) is 0 Å². The molecule has 0 aliphatic rings. The minimum absolute atomic E-state index is 0.209. The molecule has 0 N–H and O–H groups in total. The Morgan fingerprint density at radius 2 is 1.92 bits per heavy atom. The number of hydrogen-bond acceptors (Lipinski definition) is 2. The molecule has 0 saturated heterocycles. The Morgan fingerprint density at radius 3 is 2.23 bits per heavy atom. The van der Waals surface area contributed by atoms with Crippen LogP contribution in [0.5, 0.6) is 0 Å². The molecule has 0 aromatic heterocycles. The molecule has 0 aliphatic heterocycles. The van der Waals surface area contributed by atoms with Crippen molar-refractivity contribution in [1.82, 2.24) is 0 Å². The lowest BCUT2D eigenvalue weighted by atomic mass is 10.2. The van der Waals surface area contributed by atoms with Gasteiger partial charge in [0.05, 0.1) is 7.11 Å². The fourth-order valence-corrected chi connectivity index (χ4v) is 1.97. The second-order valence-corrected chi connectivity index (χ2v) is 5.36. The van der Waals surface area contributed by atoms with Crippen molar-refractivity contribution in [3.05, 3.63) is 0 Å². The van der Waals surface area contributed by atoms with E-state index in [4.69, 9.17) is 46.4 Å². The van der Waals surface area contributed by atoms with Crippen molar-refractivity contribution >= 4 is 52.4 Å². The summed E-state index contributed by atoms with van der Waals surface area (Å²) < 4.78 is 3.00. The number of rotatable bonds is 4. The Balaban J connectivity index is 4.34. The molecule has 0 aromatic carbocycles. The molecule has 0 bridgehead atoms. The van der Waals surface area contributed by atoms with Crippen LogP contribution in [0.1, 0.15) is 13.3 Å². The molecule has 0 saturated carbocycles. The highest BCUT2D eigenvalue weighted by atomic mass is 35.5. The zero-order chi connectivity index (χ0) is 10.6. The second kappa shape index (κ2) is 5.50. The SMILES string of the molecule is COC(=O)C(Cl)C(Cl)(Cl)CC(C)Cl. The number of carbonyl (C=O) groups is 1. The fraction of sp³-hybridized carbons (Fsp3) is 0.857. The lowest BCUT2D eigenvalue weighted by molar-refractivity contribution is -0.140. The molecule has 0 amide bonds. The molecule has 2 unspecified atom stereocenters. The first-order chi connectivity index (χ1) is 5.81. The average molecular weight is 268 g/mol. The number of ether oxygens (including phenoxy) is 1. The van der Waals surface area contributed by atoms with Gasteiger partial charge in [0.1, 0.15) is 4.33 Å². The quantitative estimate of drug-likeness (QED) is 0.578. The Morgan fingerprint density at radius 1 is 1.46 bits per heavy atom. The van der Waals surface area contributed by atoms with E-state index in [0.717, 1.165) is 0 Å². The lowest BCUT2D eigenvalue weighted by Gasteiger charge is -2.23. The van der Waals surface area contributed by atoms with E-state index in [2.05, 4.69) is 4.74 Å². The number of esters is 1. The van der Waals surface area contributed by atoms with Crippen molar-refractivity contribution in [2.75, 3.05) is 7.11 Å². The van der Waals surface area contributed by atoms with Crippen molar-refractivity contribution in [2.24, 2.45) is 0 Å². The molecule has 0 aromatic rings. The van der Waals surface area contributed by atoms with Gasteiger partial charge in [-0.25, -0.2) is 0 Å². The number of carbonyl (C=O) groups excluding carboxylic acids is 1. The molecule has 0 rings (SSSR count). The maximum absolute atomic E-state index is 11.0. The maximum atomic E-state index is 11.0. The van der Waals surface area contributed by atoms with Gasteiger partial charge in [-0.05, 0) is 13.3 Å². The highest BCUT2D eigenvalue weighted by Gasteiger charge is 2.40. The molecule has 0 radical (unpaired) electrons. The third-order valence-electron chi connectivity index (χ3n) is 1.33. The molecule has 0 fully saturated rings. The van der Waals surface area contributed by atoms with E-state index in [1.165, 1.54) is 7.11 Å². The van der Waals surface area contributed by atoms with Gasteiger partial charge < -0.3 is 4.74 Å². The molecular weight excluding hydrogens is 258 g/mol. The third-order valence-corrected chi connectivity index (χ3v) is 3.01. The van der Waals surface area contributed by atoms with Gasteiger partial charge in [0.15, 0.2) is 5.38 Å². The second-order valence-electron chi connectivity index (χ2n) is 2.63. The summed E-state index contributed by atoms with van der Waals surface area (Å²) in [4.78, 5) is 11.0. The van der Waals surface area contributed by atoms with Crippen LogP contribution in [-0.2, 0) is 9.53 Å². The summed E-state index contributed by atoms with van der Waals surface area (Å²) in [6.45, 7) is 1.71. The molecule has 2 atom stereocenters. The standard InChI is InChI=1S/C7H10Cl4O2/c1-4(8)3-7(10,11)5(9)6(12)13-2/h4-5H,3H2,1-2H3. The van der Waals surface area contributed by atoms with Crippen LogP contribution in [-0.4, -0.2) is 28.2 Å². The first-order valence-corrected chi connectivity index (χ1v) is 5.18. The summed E-state index contributed by atoms with van der Waals surface area (Å²) in [7, 11) is 1.21. The Hall–Kier alpha value is 0.630. The summed E-state index contributed by atoms with van der Waals surface area (Å²) in [6, 6.07) is 0.